The Balaban J connectivity index is 1.62. The minimum Gasteiger partial charge on any atom is -0.385 e. The Labute approximate surface area is 194 Å². The van der Waals surface area contributed by atoms with Gasteiger partial charge in [-0.3, -0.25) is 4.79 Å². The molecule has 0 bridgehead atoms. The number of amides is 1. The quantitative estimate of drug-likeness (QED) is 0.595. The van der Waals surface area contributed by atoms with Gasteiger partial charge >= 0.3 is 0 Å². The van der Waals surface area contributed by atoms with Crippen molar-refractivity contribution in [3.63, 3.8) is 0 Å². The summed E-state index contributed by atoms with van der Waals surface area (Å²) in [5.74, 6) is 1.40. The van der Waals surface area contributed by atoms with E-state index in [4.69, 9.17) is 4.74 Å². The molecule has 2 heterocycles. The second-order valence-corrected chi connectivity index (χ2v) is 8.98. The van der Waals surface area contributed by atoms with E-state index in [1.807, 2.05) is 25.1 Å². The van der Waals surface area contributed by atoms with Gasteiger partial charge in [0.25, 0.3) is 0 Å². The summed E-state index contributed by atoms with van der Waals surface area (Å²) in [6.07, 6.45) is 0.951. The predicted molar refractivity (Wildman–Crippen MR) is 129 cm³/mol. The van der Waals surface area contributed by atoms with Crippen LogP contribution >= 0.6 is 0 Å². The zero-order valence-corrected chi connectivity index (χ0v) is 19.8. The number of aryl methyl sites for hydroxylation is 2. The Kier molecular flexibility index (Phi) is 6.63. The van der Waals surface area contributed by atoms with Crippen LogP contribution in [0.1, 0.15) is 48.3 Å². The number of carbonyl (C=O) groups is 1. The van der Waals surface area contributed by atoms with Crippen LogP contribution in [-0.4, -0.2) is 52.7 Å². The molecule has 7 heteroatoms. The monoisotopic (exact) mass is 448 g/mol. The van der Waals surface area contributed by atoms with E-state index < -0.39 is 5.60 Å². The van der Waals surface area contributed by atoms with Gasteiger partial charge in [0, 0.05) is 31.6 Å². The summed E-state index contributed by atoms with van der Waals surface area (Å²) in [5, 5.41) is 15.9. The molecular formula is C26H32N4O3. The second kappa shape index (κ2) is 9.45. The van der Waals surface area contributed by atoms with E-state index in [0.29, 0.717) is 31.8 Å². The van der Waals surface area contributed by atoms with Gasteiger partial charge in [-0.2, -0.15) is 0 Å². The van der Waals surface area contributed by atoms with Gasteiger partial charge in [-0.15, -0.1) is 0 Å². The minimum atomic E-state index is -0.998. The molecule has 1 atom stereocenters. The summed E-state index contributed by atoms with van der Waals surface area (Å²) < 4.78 is 4.96. The molecule has 33 heavy (non-hydrogen) atoms. The molecule has 1 saturated heterocycles. The number of nitrogens with zero attached hydrogens (tertiary/aromatic N) is 3. The number of anilines is 1. The number of carbonyl (C=O) groups excluding carboxylic acids is 1. The molecule has 0 unspecified atom stereocenters. The van der Waals surface area contributed by atoms with Crippen LogP contribution in [0, 0.1) is 13.8 Å². The van der Waals surface area contributed by atoms with Crippen LogP contribution in [0.15, 0.2) is 42.5 Å². The van der Waals surface area contributed by atoms with Gasteiger partial charge in [0.1, 0.15) is 18.2 Å². The third kappa shape index (κ3) is 4.99. The Morgan fingerprint density at radius 2 is 1.94 bits per heavy atom. The van der Waals surface area contributed by atoms with Crippen molar-refractivity contribution in [2.75, 3.05) is 32.1 Å². The number of nitrogens with one attached hydrogen (secondary N) is 1. The molecule has 4 rings (SSSR count). The summed E-state index contributed by atoms with van der Waals surface area (Å²) in [6.45, 7) is 7.15. The van der Waals surface area contributed by atoms with E-state index in [0.717, 1.165) is 22.3 Å². The number of fused-ring (bicyclic) bond motifs is 1. The fourth-order valence-electron chi connectivity index (χ4n) is 4.50. The summed E-state index contributed by atoms with van der Waals surface area (Å²) in [4.78, 5) is 23.2. The first-order valence-electron chi connectivity index (χ1n) is 11.4. The minimum absolute atomic E-state index is 0.0430. The number of likely N-dealkylation sites (tertiary alicyclic amines) is 1. The summed E-state index contributed by atoms with van der Waals surface area (Å²) >= 11 is 0. The van der Waals surface area contributed by atoms with E-state index in [2.05, 4.69) is 53.4 Å². The number of ether oxygens (including phenoxy) is 1. The normalized spacial score (nSPS) is 16.6. The summed E-state index contributed by atoms with van der Waals surface area (Å²) in [7, 11) is 1.52. The molecule has 3 aromatic rings. The number of piperidine rings is 1. The van der Waals surface area contributed by atoms with Crippen molar-refractivity contribution in [3.8, 4) is 0 Å². The van der Waals surface area contributed by atoms with Crippen LogP contribution < -0.4 is 5.32 Å². The van der Waals surface area contributed by atoms with Crippen LogP contribution in [0.25, 0.3) is 10.9 Å². The molecule has 1 amide bonds. The number of benzene rings is 2. The first-order chi connectivity index (χ1) is 15.8. The van der Waals surface area contributed by atoms with E-state index in [1.165, 1.54) is 18.2 Å². The first kappa shape index (κ1) is 23.1. The van der Waals surface area contributed by atoms with E-state index in [9.17, 15) is 9.90 Å². The van der Waals surface area contributed by atoms with Crippen LogP contribution in [0.2, 0.25) is 0 Å². The van der Waals surface area contributed by atoms with Crippen molar-refractivity contribution in [1.29, 1.82) is 0 Å². The highest BCUT2D eigenvalue weighted by Gasteiger charge is 2.35. The maximum Gasteiger partial charge on any atom is 0.248 e. The van der Waals surface area contributed by atoms with Crippen molar-refractivity contribution in [3.05, 3.63) is 65.0 Å². The molecule has 1 aliphatic heterocycles. The second-order valence-electron chi connectivity index (χ2n) is 8.98. The fourth-order valence-corrected chi connectivity index (χ4v) is 4.50. The van der Waals surface area contributed by atoms with Crippen LogP contribution in [0.4, 0.5) is 5.82 Å². The summed E-state index contributed by atoms with van der Waals surface area (Å²) in [6, 6.07) is 14.4. The Morgan fingerprint density at radius 1 is 1.18 bits per heavy atom. The maximum atomic E-state index is 12.1. The highest BCUT2D eigenvalue weighted by Crippen LogP contribution is 2.36. The lowest BCUT2D eigenvalue weighted by Crippen LogP contribution is -2.46. The molecule has 7 nitrogen and oxygen atoms in total. The van der Waals surface area contributed by atoms with E-state index in [-0.39, 0.29) is 18.6 Å². The number of rotatable bonds is 6. The SMILES string of the molecule is COCC(=O)N1CCC(O)(c2ccc3nc(C)nc(N[C@H](C)c4cccc(C)c4)c3c2)CC1. The van der Waals surface area contributed by atoms with E-state index in [1.54, 1.807) is 4.90 Å². The Hall–Kier alpha value is -3.03. The lowest BCUT2D eigenvalue weighted by molar-refractivity contribution is -0.139. The van der Waals surface area contributed by atoms with Crippen molar-refractivity contribution >= 4 is 22.6 Å². The smallest absolute Gasteiger partial charge is 0.248 e. The maximum absolute atomic E-state index is 12.1. The van der Waals surface area contributed by atoms with Crippen molar-refractivity contribution in [2.24, 2.45) is 0 Å². The molecule has 1 fully saturated rings. The standard InChI is InChI=1S/C26H32N4O3/c1-17-6-5-7-20(14-17)18(2)27-25-22-15-21(8-9-23(22)28-19(3)29-25)26(32)10-12-30(13-11-26)24(31)16-33-4/h5-9,14-15,18,32H,10-13,16H2,1-4H3,(H,27,28,29)/t18-/m1/s1. The molecule has 1 aliphatic rings. The molecule has 1 aromatic heterocycles. The number of hydrogen-bond acceptors (Lipinski definition) is 6. The largest absolute Gasteiger partial charge is 0.385 e. The van der Waals surface area contributed by atoms with Gasteiger partial charge in [0.2, 0.25) is 5.91 Å². The van der Waals surface area contributed by atoms with Crippen LogP contribution in [0.5, 0.6) is 0 Å². The zero-order chi connectivity index (χ0) is 23.6. The molecule has 0 radical (unpaired) electrons. The Morgan fingerprint density at radius 3 is 2.64 bits per heavy atom. The molecule has 2 aromatic carbocycles. The zero-order valence-electron chi connectivity index (χ0n) is 19.8. The average Bonchev–Trinajstić information content (AvgIpc) is 2.79. The third-order valence-corrected chi connectivity index (χ3v) is 6.45. The van der Waals surface area contributed by atoms with Crippen molar-refractivity contribution < 1.29 is 14.6 Å². The lowest BCUT2D eigenvalue weighted by Gasteiger charge is -2.38. The average molecular weight is 449 g/mol. The molecule has 2 N–H and O–H groups in total. The van der Waals surface area contributed by atoms with Gasteiger partial charge in [-0.25, -0.2) is 9.97 Å². The van der Waals surface area contributed by atoms with Gasteiger partial charge in [0.05, 0.1) is 11.1 Å². The number of methoxy groups -OCH3 is 1. The fraction of sp³-hybridized carbons (Fsp3) is 0.423. The van der Waals surface area contributed by atoms with Crippen molar-refractivity contribution in [2.45, 2.75) is 45.3 Å². The highest BCUT2D eigenvalue weighted by molar-refractivity contribution is 5.90. The summed E-state index contributed by atoms with van der Waals surface area (Å²) in [5.41, 5.74) is 3.06. The van der Waals surface area contributed by atoms with Gasteiger partial charge in [0.15, 0.2) is 0 Å². The third-order valence-electron chi connectivity index (χ3n) is 6.45. The first-order valence-corrected chi connectivity index (χ1v) is 11.4. The molecule has 0 spiro atoms. The molecule has 174 valence electrons. The molecule has 0 aliphatic carbocycles. The Bertz CT molecular complexity index is 1160. The van der Waals surface area contributed by atoms with Crippen molar-refractivity contribution in [1.82, 2.24) is 14.9 Å². The van der Waals surface area contributed by atoms with Crippen LogP contribution in [0.3, 0.4) is 0 Å². The number of hydrogen-bond donors (Lipinski definition) is 2. The van der Waals surface area contributed by atoms with Gasteiger partial charge in [-0.05, 0) is 56.9 Å². The van der Waals surface area contributed by atoms with Gasteiger partial charge in [-0.1, -0.05) is 35.9 Å². The van der Waals surface area contributed by atoms with E-state index >= 15 is 0 Å². The highest BCUT2D eigenvalue weighted by atomic mass is 16.5. The topological polar surface area (TPSA) is 87.6 Å². The number of aliphatic hydroxyl groups is 1. The van der Waals surface area contributed by atoms with Gasteiger partial charge < -0.3 is 20.1 Å². The molecular weight excluding hydrogens is 416 g/mol. The predicted octanol–water partition coefficient (Wildman–Crippen LogP) is 3.88. The lowest BCUT2D eigenvalue weighted by atomic mass is 9.84. The molecule has 0 saturated carbocycles. The van der Waals surface area contributed by atoms with Crippen LogP contribution in [-0.2, 0) is 15.1 Å². The number of aromatic nitrogens is 2.